The summed E-state index contributed by atoms with van der Waals surface area (Å²) in [5, 5.41) is 2.70. The number of unbranched alkanes of at least 4 members (excludes halogenated alkanes) is 1. The fourth-order valence-corrected chi connectivity index (χ4v) is 3.60. The first-order valence-electron chi connectivity index (χ1n) is 13.7. The van der Waals surface area contributed by atoms with Crippen molar-refractivity contribution < 1.29 is 38.1 Å². The zero-order valence-electron chi connectivity index (χ0n) is 25.6. The van der Waals surface area contributed by atoms with Crippen molar-refractivity contribution >= 4 is 24.0 Å². The molecule has 0 aliphatic heterocycles. The van der Waals surface area contributed by atoms with Gasteiger partial charge < -0.3 is 24.3 Å². The van der Waals surface area contributed by atoms with E-state index in [0.29, 0.717) is 19.4 Å². The number of nitrogens with zero attached hydrogens (tertiary/aromatic N) is 1. The number of carbonyl (C=O) groups is 4. The zero-order chi connectivity index (χ0) is 30.6. The summed E-state index contributed by atoms with van der Waals surface area (Å²) in [6.07, 6.45) is 0.777. The first-order valence-corrected chi connectivity index (χ1v) is 13.7. The third-order valence-electron chi connectivity index (χ3n) is 5.01. The molecule has 1 N–H and O–H groups in total. The van der Waals surface area contributed by atoms with E-state index >= 15 is 0 Å². The predicted octanol–water partition coefficient (Wildman–Crippen LogP) is 4.78. The van der Waals surface area contributed by atoms with Crippen LogP contribution in [0.3, 0.4) is 0 Å². The molecule has 0 fully saturated rings. The lowest BCUT2D eigenvalue weighted by molar-refractivity contribution is -0.168. The van der Waals surface area contributed by atoms with Crippen LogP contribution in [0, 0.1) is 0 Å². The van der Waals surface area contributed by atoms with Gasteiger partial charge >= 0.3 is 24.0 Å². The van der Waals surface area contributed by atoms with Gasteiger partial charge in [-0.2, -0.15) is 0 Å². The van der Waals surface area contributed by atoms with Crippen LogP contribution >= 0.6 is 0 Å². The molecule has 10 heteroatoms. The largest absolute Gasteiger partial charge is 0.459 e. The maximum absolute atomic E-state index is 13.3. The summed E-state index contributed by atoms with van der Waals surface area (Å²) in [5.74, 6) is -1.71. The molecule has 0 heterocycles. The summed E-state index contributed by atoms with van der Waals surface area (Å²) >= 11 is 0. The Labute approximate surface area is 239 Å². The highest BCUT2D eigenvalue weighted by molar-refractivity contribution is 5.80. The molecule has 0 bridgehead atoms. The van der Waals surface area contributed by atoms with Crippen LogP contribution in [0.4, 0.5) is 4.79 Å². The van der Waals surface area contributed by atoms with Gasteiger partial charge in [0.15, 0.2) is 0 Å². The molecule has 0 saturated carbocycles. The van der Waals surface area contributed by atoms with Crippen molar-refractivity contribution in [2.75, 3.05) is 19.6 Å². The number of hydrogen-bond acceptors (Lipinski definition) is 9. The van der Waals surface area contributed by atoms with Crippen molar-refractivity contribution in [2.45, 2.75) is 111 Å². The topological polar surface area (TPSA) is 120 Å². The minimum Gasteiger partial charge on any atom is -0.459 e. The second-order valence-corrected chi connectivity index (χ2v) is 12.6. The van der Waals surface area contributed by atoms with Crippen molar-refractivity contribution in [3.8, 4) is 0 Å². The SMILES string of the molecule is CC(C)(C)OC(=O)CN(CC(=O)OC(C)(C)C)C(CCCCNC(=O)OCc1ccccc1)C(=O)OC(C)(C)C. The van der Waals surface area contributed by atoms with E-state index in [9.17, 15) is 19.2 Å². The van der Waals surface area contributed by atoms with Crippen LogP contribution in [0.5, 0.6) is 0 Å². The monoisotopic (exact) mass is 564 g/mol. The predicted molar refractivity (Wildman–Crippen MR) is 151 cm³/mol. The number of nitrogens with one attached hydrogen (secondary N) is 1. The molecule has 1 atom stereocenters. The zero-order valence-corrected chi connectivity index (χ0v) is 25.6. The van der Waals surface area contributed by atoms with E-state index in [4.69, 9.17) is 18.9 Å². The van der Waals surface area contributed by atoms with E-state index in [1.807, 2.05) is 30.3 Å². The number of amides is 1. The van der Waals surface area contributed by atoms with Crippen LogP contribution in [-0.4, -0.2) is 71.4 Å². The maximum Gasteiger partial charge on any atom is 0.407 e. The Morgan fingerprint density at radius 2 is 1.25 bits per heavy atom. The molecule has 40 heavy (non-hydrogen) atoms. The molecule has 1 amide bonds. The minimum absolute atomic E-state index is 0.164. The van der Waals surface area contributed by atoms with Gasteiger partial charge in [-0.25, -0.2) is 4.79 Å². The van der Waals surface area contributed by atoms with Crippen LogP contribution in [-0.2, 0) is 39.9 Å². The molecule has 1 rings (SSSR count). The highest BCUT2D eigenvalue weighted by Gasteiger charge is 2.34. The summed E-state index contributed by atoms with van der Waals surface area (Å²) in [6.45, 7) is 15.6. The minimum atomic E-state index is -0.913. The van der Waals surface area contributed by atoms with Gasteiger partial charge in [0.2, 0.25) is 0 Å². The van der Waals surface area contributed by atoms with E-state index in [-0.39, 0.29) is 26.1 Å². The van der Waals surface area contributed by atoms with Crippen molar-refractivity contribution in [1.82, 2.24) is 10.2 Å². The first-order chi connectivity index (χ1) is 18.3. The van der Waals surface area contributed by atoms with Gasteiger partial charge in [0.25, 0.3) is 0 Å². The van der Waals surface area contributed by atoms with Gasteiger partial charge in [0.05, 0.1) is 13.1 Å². The summed E-state index contributed by atoms with van der Waals surface area (Å²) in [5.41, 5.74) is -1.37. The third kappa shape index (κ3) is 16.7. The van der Waals surface area contributed by atoms with E-state index in [1.165, 1.54) is 4.90 Å². The van der Waals surface area contributed by atoms with Crippen molar-refractivity contribution in [3.05, 3.63) is 35.9 Å². The Bertz CT molecular complexity index is 929. The molecule has 10 nitrogen and oxygen atoms in total. The Hall–Kier alpha value is -3.14. The summed E-state index contributed by atoms with van der Waals surface area (Å²) in [6, 6.07) is 8.44. The van der Waals surface area contributed by atoms with Gasteiger partial charge in [-0.1, -0.05) is 30.3 Å². The molecular formula is C30H48N2O8. The van der Waals surface area contributed by atoms with Gasteiger partial charge in [-0.05, 0) is 87.1 Å². The van der Waals surface area contributed by atoms with Gasteiger partial charge in [-0.15, -0.1) is 0 Å². The number of benzene rings is 1. The highest BCUT2D eigenvalue weighted by Crippen LogP contribution is 2.18. The lowest BCUT2D eigenvalue weighted by atomic mass is 10.1. The molecule has 0 aromatic heterocycles. The molecule has 0 saturated heterocycles. The second-order valence-electron chi connectivity index (χ2n) is 12.6. The molecule has 0 aliphatic rings. The first kappa shape index (κ1) is 34.9. The number of hydrogen-bond donors (Lipinski definition) is 1. The van der Waals surface area contributed by atoms with Gasteiger partial charge in [0.1, 0.15) is 29.5 Å². The van der Waals surface area contributed by atoms with Gasteiger partial charge in [0, 0.05) is 6.54 Å². The number of rotatable bonds is 13. The normalized spacial score (nSPS) is 12.8. The molecule has 226 valence electrons. The average Bonchev–Trinajstić information content (AvgIpc) is 2.76. The average molecular weight is 565 g/mol. The standard InChI is InChI=1S/C30H48N2O8/c1-28(2,3)38-24(33)19-32(20-25(34)39-29(4,5)6)23(26(35)40-30(7,8)9)17-13-14-18-31-27(36)37-21-22-15-11-10-12-16-22/h10-12,15-16,23H,13-14,17-21H2,1-9H3,(H,31,36). The van der Waals surface area contributed by atoms with Crippen LogP contribution in [0.1, 0.15) is 87.1 Å². The fraction of sp³-hybridized carbons (Fsp3) is 0.667. The molecule has 0 spiro atoms. The van der Waals surface area contributed by atoms with Crippen LogP contribution in [0.15, 0.2) is 30.3 Å². The van der Waals surface area contributed by atoms with E-state index in [2.05, 4.69) is 5.32 Å². The Morgan fingerprint density at radius 1 is 0.750 bits per heavy atom. The fourth-order valence-electron chi connectivity index (χ4n) is 3.60. The Kier molecular flexibility index (Phi) is 13.6. The van der Waals surface area contributed by atoms with Crippen LogP contribution < -0.4 is 5.32 Å². The quantitative estimate of drug-likeness (QED) is 0.205. The number of ether oxygens (including phenoxy) is 4. The smallest absolute Gasteiger partial charge is 0.407 e. The lowest BCUT2D eigenvalue weighted by Crippen LogP contribution is -2.50. The molecule has 1 aromatic rings. The van der Waals surface area contributed by atoms with Gasteiger partial charge in [-0.3, -0.25) is 19.3 Å². The summed E-state index contributed by atoms with van der Waals surface area (Å²) < 4.78 is 21.8. The number of carbonyl (C=O) groups excluding carboxylic acids is 4. The van der Waals surface area contributed by atoms with Crippen molar-refractivity contribution in [2.24, 2.45) is 0 Å². The van der Waals surface area contributed by atoms with E-state index in [0.717, 1.165) is 5.56 Å². The Morgan fingerprint density at radius 3 is 1.73 bits per heavy atom. The summed E-state index contributed by atoms with van der Waals surface area (Å²) in [4.78, 5) is 52.2. The number of esters is 3. The van der Waals surface area contributed by atoms with Crippen molar-refractivity contribution in [1.29, 1.82) is 0 Å². The number of alkyl carbamates (subject to hydrolysis) is 1. The third-order valence-corrected chi connectivity index (χ3v) is 5.01. The molecule has 0 aliphatic carbocycles. The molecular weight excluding hydrogens is 516 g/mol. The van der Waals surface area contributed by atoms with E-state index < -0.39 is 46.8 Å². The van der Waals surface area contributed by atoms with Crippen LogP contribution in [0.2, 0.25) is 0 Å². The molecule has 1 aromatic carbocycles. The lowest BCUT2D eigenvalue weighted by Gasteiger charge is -2.33. The second kappa shape index (κ2) is 15.6. The van der Waals surface area contributed by atoms with Crippen LogP contribution in [0.25, 0.3) is 0 Å². The van der Waals surface area contributed by atoms with E-state index in [1.54, 1.807) is 62.3 Å². The maximum atomic E-state index is 13.3. The van der Waals surface area contributed by atoms with Crippen molar-refractivity contribution in [3.63, 3.8) is 0 Å². The molecule has 0 radical (unpaired) electrons. The highest BCUT2D eigenvalue weighted by atomic mass is 16.6. The Balaban J connectivity index is 2.89. The summed E-state index contributed by atoms with van der Waals surface area (Å²) in [7, 11) is 0. The molecule has 1 unspecified atom stereocenters.